The standard InChI is InChI=1S/C14H19N3/c1-11(2)8-9-17-14(15)10-13(16-17)12-6-4-3-5-7-12/h3-7,10-11H,8-9,15H2,1-2H3. The summed E-state index contributed by atoms with van der Waals surface area (Å²) in [6.45, 7) is 5.30. The summed E-state index contributed by atoms with van der Waals surface area (Å²) in [5.41, 5.74) is 8.03. The van der Waals surface area contributed by atoms with Crippen LogP contribution < -0.4 is 5.73 Å². The Morgan fingerprint density at radius 3 is 2.59 bits per heavy atom. The highest BCUT2D eigenvalue weighted by molar-refractivity contribution is 5.61. The highest BCUT2D eigenvalue weighted by atomic mass is 15.3. The van der Waals surface area contributed by atoms with E-state index < -0.39 is 0 Å². The molecule has 0 radical (unpaired) electrons. The molecule has 0 spiro atoms. The number of nitrogen functional groups attached to an aromatic ring is 1. The summed E-state index contributed by atoms with van der Waals surface area (Å²) >= 11 is 0. The van der Waals surface area contributed by atoms with Gasteiger partial charge in [-0.3, -0.25) is 0 Å². The van der Waals surface area contributed by atoms with E-state index in [2.05, 4.69) is 31.1 Å². The van der Waals surface area contributed by atoms with Crippen LogP contribution >= 0.6 is 0 Å². The number of hydrogen-bond donors (Lipinski definition) is 1. The number of anilines is 1. The molecular weight excluding hydrogens is 210 g/mol. The lowest BCUT2D eigenvalue weighted by molar-refractivity contribution is 0.492. The summed E-state index contributed by atoms with van der Waals surface area (Å²) in [4.78, 5) is 0. The topological polar surface area (TPSA) is 43.8 Å². The summed E-state index contributed by atoms with van der Waals surface area (Å²) in [7, 11) is 0. The van der Waals surface area contributed by atoms with E-state index in [9.17, 15) is 0 Å². The number of nitrogens with two attached hydrogens (primary N) is 1. The van der Waals surface area contributed by atoms with Gasteiger partial charge in [0.1, 0.15) is 5.82 Å². The molecule has 3 heteroatoms. The summed E-state index contributed by atoms with van der Waals surface area (Å²) in [6.07, 6.45) is 1.10. The molecule has 0 saturated heterocycles. The fraction of sp³-hybridized carbons (Fsp3) is 0.357. The molecule has 0 bridgehead atoms. The predicted octanol–water partition coefficient (Wildman–Crippen LogP) is 3.18. The highest BCUT2D eigenvalue weighted by Crippen LogP contribution is 2.20. The van der Waals surface area contributed by atoms with Crippen molar-refractivity contribution in [3.8, 4) is 11.3 Å². The van der Waals surface area contributed by atoms with Crippen molar-refractivity contribution < 1.29 is 0 Å². The van der Waals surface area contributed by atoms with Gasteiger partial charge < -0.3 is 5.73 Å². The van der Waals surface area contributed by atoms with E-state index >= 15 is 0 Å². The van der Waals surface area contributed by atoms with E-state index in [-0.39, 0.29) is 0 Å². The largest absolute Gasteiger partial charge is 0.384 e. The van der Waals surface area contributed by atoms with Crippen LogP contribution in [-0.4, -0.2) is 9.78 Å². The van der Waals surface area contributed by atoms with Gasteiger partial charge >= 0.3 is 0 Å². The zero-order chi connectivity index (χ0) is 12.3. The van der Waals surface area contributed by atoms with Gasteiger partial charge in [0.05, 0.1) is 5.69 Å². The van der Waals surface area contributed by atoms with Crippen LogP contribution in [0, 0.1) is 5.92 Å². The molecule has 1 heterocycles. The molecule has 0 amide bonds. The van der Waals surface area contributed by atoms with Crippen molar-refractivity contribution in [2.45, 2.75) is 26.8 Å². The minimum absolute atomic E-state index is 0.666. The Kier molecular flexibility index (Phi) is 3.47. The van der Waals surface area contributed by atoms with Crippen molar-refractivity contribution in [1.29, 1.82) is 0 Å². The Bertz CT molecular complexity index is 471. The Hall–Kier alpha value is -1.77. The van der Waals surface area contributed by atoms with E-state index in [1.165, 1.54) is 0 Å². The third-order valence-electron chi connectivity index (χ3n) is 2.80. The van der Waals surface area contributed by atoms with E-state index in [1.807, 2.05) is 28.9 Å². The number of nitrogens with zero attached hydrogens (tertiary/aromatic N) is 2. The minimum atomic E-state index is 0.666. The van der Waals surface area contributed by atoms with Gasteiger partial charge in [0.25, 0.3) is 0 Å². The van der Waals surface area contributed by atoms with Gasteiger partial charge in [-0.15, -0.1) is 0 Å². The van der Waals surface area contributed by atoms with Crippen LogP contribution in [0.1, 0.15) is 20.3 Å². The molecule has 2 aromatic rings. The maximum absolute atomic E-state index is 5.97. The lowest BCUT2D eigenvalue weighted by Crippen LogP contribution is -2.06. The maximum Gasteiger partial charge on any atom is 0.122 e. The third kappa shape index (κ3) is 2.87. The monoisotopic (exact) mass is 229 g/mol. The number of hydrogen-bond acceptors (Lipinski definition) is 2. The number of benzene rings is 1. The zero-order valence-electron chi connectivity index (χ0n) is 10.4. The van der Waals surface area contributed by atoms with Gasteiger partial charge in [0, 0.05) is 18.2 Å². The third-order valence-corrected chi connectivity index (χ3v) is 2.80. The van der Waals surface area contributed by atoms with Crippen LogP contribution in [0.25, 0.3) is 11.3 Å². The van der Waals surface area contributed by atoms with Crippen molar-refractivity contribution in [3.05, 3.63) is 36.4 Å². The number of aromatic nitrogens is 2. The molecule has 0 aliphatic carbocycles. The molecule has 2 N–H and O–H groups in total. The molecular formula is C14H19N3. The molecule has 1 aromatic carbocycles. The normalized spacial score (nSPS) is 11.0. The lowest BCUT2D eigenvalue weighted by Gasteiger charge is -2.06. The van der Waals surface area contributed by atoms with Gasteiger partial charge in [-0.1, -0.05) is 44.2 Å². The van der Waals surface area contributed by atoms with E-state index in [0.29, 0.717) is 5.92 Å². The second-order valence-corrected chi connectivity index (χ2v) is 4.73. The Balaban J connectivity index is 2.19. The summed E-state index contributed by atoms with van der Waals surface area (Å²) in [6, 6.07) is 12.1. The first-order valence-corrected chi connectivity index (χ1v) is 6.05. The van der Waals surface area contributed by atoms with Gasteiger partial charge in [0.2, 0.25) is 0 Å². The van der Waals surface area contributed by atoms with Crippen molar-refractivity contribution >= 4 is 5.82 Å². The fourth-order valence-corrected chi connectivity index (χ4v) is 1.74. The van der Waals surface area contributed by atoms with Gasteiger partial charge in [-0.05, 0) is 12.3 Å². The van der Waals surface area contributed by atoms with Crippen molar-refractivity contribution in [1.82, 2.24) is 9.78 Å². The average molecular weight is 229 g/mol. The van der Waals surface area contributed by atoms with Crippen LogP contribution in [0.15, 0.2) is 36.4 Å². The maximum atomic E-state index is 5.97. The molecule has 17 heavy (non-hydrogen) atoms. The second kappa shape index (κ2) is 5.04. The SMILES string of the molecule is CC(C)CCn1nc(-c2ccccc2)cc1N. The molecule has 3 nitrogen and oxygen atoms in total. The molecule has 0 aliphatic rings. The minimum Gasteiger partial charge on any atom is -0.384 e. The number of aryl methyl sites for hydroxylation is 1. The van der Waals surface area contributed by atoms with Crippen molar-refractivity contribution in [2.24, 2.45) is 5.92 Å². The molecule has 0 saturated carbocycles. The first-order chi connectivity index (χ1) is 8.16. The lowest BCUT2D eigenvalue weighted by atomic mass is 10.1. The van der Waals surface area contributed by atoms with Gasteiger partial charge in [-0.2, -0.15) is 5.10 Å². The summed E-state index contributed by atoms with van der Waals surface area (Å²) < 4.78 is 1.89. The van der Waals surface area contributed by atoms with Crippen LogP contribution in [0.5, 0.6) is 0 Å². The molecule has 1 aromatic heterocycles. The van der Waals surface area contributed by atoms with Gasteiger partial charge in [-0.25, -0.2) is 4.68 Å². The Morgan fingerprint density at radius 2 is 1.94 bits per heavy atom. The molecule has 0 unspecified atom stereocenters. The van der Waals surface area contributed by atoms with E-state index in [4.69, 9.17) is 5.73 Å². The molecule has 90 valence electrons. The molecule has 0 aliphatic heterocycles. The number of rotatable bonds is 4. The molecule has 0 atom stereocenters. The van der Waals surface area contributed by atoms with E-state index in [1.54, 1.807) is 0 Å². The first kappa shape index (κ1) is 11.7. The average Bonchev–Trinajstić information content (AvgIpc) is 2.69. The van der Waals surface area contributed by atoms with Gasteiger partial charge in [0.15, 0.2) is 0 Å². The van der Waals surface area contributed by atoms with Crippen LogP contribution in [0.4, 0.5) is 5.82 Å². The first-order valence-electron chi connectivity index (χ1n) is 6.05. The van der Waals surface area contributed by atoms with Crippen LogP contribution in [0.2, 0.25) is 0 Å². The fourth-order valence-electron chi connectivity index (χ4n) is 1.74. The summed E-state index contributed by atoms with van der Waals surface area (Å²) in [5, 5.41) is 4.54. The Labute approximate surface area is 102 Å². The highest BCUT2D eigenvalue weighted by Gasteiger charge is 2.07. The van der Waals surface area contributed by atoms with Crippen LogP contribution in [0.3, 0.4) is 0 Å². The van der Waals surface area contributed by atoms with E-state index in [0.717, 1.165) is 30.0 Å². The predicted molar refractivity (Wildman–Crippen MR) is 71.5 cm³/mol. The zero-order valence-corrected chi connectivity index (χ0v) is 10.4. The quantitative estimate of drug-likeness (QED) is 0.875. The Morgan fingerprint density at radius 1 is 1.24 bits per heavy atom. The second-order valence-electron chi connectivity index (χ2n) is 4.73. The van der Waals surface area contributed by atoms with Crippen molar-refractivity contribution in [3.63, 3.8) is 0 Å². The molecule has 2 rings (SSSR count). The van der Waals surface area contributed by atoms with Crippen LogP contribution in [-0.2, 0) is 6.54 Å². The summed E-state index contributed by atoms with van der Waals surface area (Å²) in [5.74, 6) is 1.41. The molecule has 0 fully saturated rings. The van der Waals surface area contributed by atoms with Crippen molar-refractivity contribution in [2.75, 3.05) is 5.73 Å². The smallest absolute Gasteiger partial charge is 0.122 e.